The summed E-state index contributed by atoms with van der Waals surface area (Å²) in [6.45, 7) is 7.83. The van der Waals surface area contributed by atoms with Crippen LogP contribution in [0.4, 0.5) is 0 Å². The van der Waals surface area contributed by atoms with Gasteiger partial charge in [-0.2, -0.15) is 0 Å². The predicted molar refractivity (Wildman–Crippen MR) is 130 cm³/mol. The minimum atomic E-state index is -0.262. The molecule has 3 saturated heterocycles. The molecule has 10 nitrogen and oxygen atoms in total. The molecule has 1 aromatic rings. The molecule has 3 aliphatic rings. The third-order valence-corrected chi connectivity index (χ3v) is 6.74. The van der Waals surface area contributed by atoms with Crippen molar-refractivity contribution in [1.29, 1.82) is 0 Å². The normalized spacial score (nSPS) is 22.5. The van der Waals surface area contributed by atoms with Crippen LogP contribution < -0.4 is 4.74 Å². The van der Waals surface area contributed by atoms with Crippen molar-refractivity contribution < 1.29 is 34.1 Å². The van der Waals surface area contributed by atoms with Gasteiger partial charge < -0.3 is 24.6 Å². The summed E-state index contributed by atoms with van der Waals surface area (Å²) < 4.78 is 11.3. The number of benzene rings is 1. The van der Waals surface area contributed by atoms with Crippen LogP contribution in [0.2, 0.25) is 0 Å². The fourth-order valence-corrected chi connectivity index (χ4v) is 5.08. The summed E-state index contributed by atoms with van der Waals surface area (Å²) >= 11 is 0. The highest BCUT2D eigenvalue weighted by Gasteiger charge is 2.49. The standard InChI is InChI=1S/C23H35N3O3.2CH2O2/c1-24-11-2-9-23(22(24)27)10-3-13-26(23)19-20-5-7-21(8-6-20)29-16-4-12-25-14-17-28-18-15-25;2*2-1-3/h5-8H,2-4,9-19H2,1H3;2*1H,(H,2,3). The Balaban J connectivity index is 0.000000655. The number of carbonyl (C=O) groups is 3. The fraction of sp³-hybridized carbons (Fsp3) is 0.640. The number of likely N-dealkylation sites (tertiary alicyclic amines) is 2. The van der Waals surface area contributed by atoms with Crippen LogP contribution in [0.3, 0.4) is 0 Å². The van der Waals surface area contributed by atoms with Crippen molar-refractivity contribution in [3.63, 3.8) is 0 Å². The smallest absolute Gasteiger partial charge is 0.290 e. The molecule has 0 radical (unpaired) electrons. The third kappa shape index (κ3) is 8.48. The number of carbonyl (C=O) groups excluding carboxylic acids is 1. The molecule has 1 aromatic carbocycles. The van der Waals surface area contributed by atoms with Gasteiger partial charge in [0, 0.05) is 39.8 Å². The Bertz CT molecular complexity index is 765. The Labute approximate surface area is 207 Å². The Morgan fingerprint density at radius 1 is 1.00 bits per heavy atom. The van der Waals surface area contributed by atoms with Crippen molar-refractivity contribution in [3.05, 3.63) is 29.8 Å². The molecule has 3 heterocycles. The van der Waals surface area contributed by atoms with Gasteiger partial charge in [0.2, 0.25) is 5.91 Å². The molecule has 3 aliphatic heterocycles. The van der Waals surface area contributed by atoms with Crippen LogP contribution in [0.1, 0.15) is 37.7 Å². The van der Waals surface area contributed by atoms with Gasteiger partial charge in [0.1, 0.15) is 11.3 Å². The second-order valence-corrected chi connectivity index (χ2v) is 8.90. The van der Waals surface area contributed by atoms with Crippen LogP contribution in [-0.4, -0.2) is 109 Å². The van der Waals surface area contributed by atoms with E-state index < -0.39 is 0 Å². The summed E-state index contributed by atoms with van der Waals surface area (Å²) in [6.07, 6.45) is 5.26. The van der Waals surface area contributed by atoms with E-state index in [-0.39, 0.29) is 18.5 Å². The molecule has 0 aromatic heterocycles. The first kappa shape index (κ1) is 28.5. The first-order valence-corrected chi connectivity index (χ1v) is 12.2. The number of hydrogen-bond acceptors (Lipinski definition) is 7. The number of amides is 1. The van der Waals surface area contributed by atoms with Gasteiger partial charge in [0.25, 0.3) is 12.9 Å². The first-order valence-electron chi connectivity index (χ1n) is 12.2. The number of ether oxygens (including phenoxy) is 2. The summed E-state index contributed by atoms with van der Waals surface area (Å²) in [5.74, 6) is 1.25. The van der Waals surface area contributed by atoms with Gasteiger partial charge in [-0.3, -0.25) is 24.2 Å². The lowest BCUT2D eigenvalue weighted by atomic mass is 9.85. The van der Waals surface area contributed by atoms with Gasteiger partial charge in [-0.1, -0.05) is 12.1 Å². The number of carboxylic acid groups (broad SMARTS) is 2. The van der Waals surface area contributed by atoms with E-state index in [4.69, 9.17) is 29.3 Å². The van der Waals surface area contributed by atoms with Gasteiger partial charge in [-0.25, -0.2) is 0 Å². The maximum Gasteiger partial charge on any atom is 0.290 e. The van der Waals surface area contributed by atoms with Crippen molar-refractivity contribution in [2.45, 2.75) is 44.2 Å². The van der Waals surface area contributed by atoms with Gasteiger partial charge in [0.15, 0.2) is 0 Å². The summed E-state index contributed by atoms with van der Waals surface area (Å²) in [5, 5.41) is 13.8. The van der Waals surface area contributed by atoms with Gasteiger partial charge in [0.05, 0.1) is 19.8 Å². The molecule has 3 fully saturated rings. The second kappa shape index (κ2) is 15.3. The molecule has 0 bridgehead atoms. The Morgan fingerprint density at radius 3 is 2.23 bits per heavy atom. The molecule has 1 unspecified atom stereocenters. The largest absolute Gasteiger partial charge is 0.494 e. The molecular formula is C25H39N3O7. The zero-order valence-corrected chi connectivity index (χ0v) is 20.6. The van der Waals surface area contributed by atoms with Crippen molar-refractivity contribution in [2.75, 3.05) is 59.6 Å². The number of piperidine rings is 1. The Morgan fingerprint density at radius 2 is 1.60 bits per heavy atom. The fourth-order valence-electron chi connectivity index (χ4n) is 5.08. The number of hydrogen-bond donors (Lipinski definition) is 2. The van der Waals surface area contributed by atoms with Gasteiger partial charge in [-0.05, 0) is 56.3 Å². The van der Waals surface area contributed by atoms with E-state index in [0.717, 1.165) is 96.9 Å². The molecule has 4 rings (SSSR count). The molecule has 1 amide bonds. The van der Waals surface area contributed by atoms with Crippen molar-refractivity contribution in [2.24, 2.45) is 0 Å². The van der Waals surface area contributed by atoms with E-state index in [1.807, 2.05) is 11.9 Å². The van der Waals surface area contributed by atoms with E-state index in [2.05, 4.69) is 34.1 Å². The van der Waals surface area contributed by atoms with Crippen LogP contribution in [0, 0.1) is 0 Å². The van der Waals surface area contributed by atoms with Crippen LogP contribution in [0.15, 0.2) is 24.3 Å². The first-order chi connectivity index (χ1) is 17.0. The van der Waals surface area contributed by atoms with E-state index in [1.165, 1.54) is 5.56 Å². The highest BCUT2D eigenvalue weighted by Crippen LogP contribution is 2.38. The molecule has 35 heavy (non-hydrogen) atoms. The average molecular weight is 494 g/mol. The summed E-state index contributed by atoms with van der Waals surface area (Å²) in [5.41, 5.74) is 0.995. The van der Waals surface area contributed by atoms with Crippen LogP contribution >= 0.6 is 0 Å². The Kier molecular flexibility index (Phi) is 12.5. The lowest BCUT2D eigenvalue weighted by Gasteiger charge is -2.43. The van der Waals surface area contributed by atoms with Crippen LogP contribution in [-0.2, 0) is 25.7 Å². The molecule has 0 saturated carbocycles. The maximum atomic E-state index is 12.9. The quantitative estimate of drug-likeness (QED) is 0.433. The molecule has 0 aliphatic carbocycles. The summed E-state index contributed by atoms with van der Waals surface area (Å²) in [6, 6.07) is 8.45. The number of likely N-dealkylation sites (N-methyl/N-ethyl adjacent to an activating group) is 1. The van der Waals surface area contributed by atoms with E-state index in [1.54, 1.807) is 0 Å². The lowest BCUT2D eigenvalue weighted by molar-refractivity contribution is -0.146. The SMILES string of the molecule is CN1CCCC2(CCCN2Cc2ccc(OCCCN3CCOCC3)cc2)C1=O.O=CO.O=CO. The Hall–Kier alpha value is -2.69. The minimum absolute atomic E-state index is 0.250. The lowest BCUT2D eigenvalue weighted by Crippen LogP contribution is -2.58. The zero-order chi connectivity index (χ0) is 25.5. The molecule has 1 atom stereocenters. The molecular weight excluding hydrogens is 454 g/mol. The predicted octanol–water partition coefficient (Wildman–Crippen LogP) is 1.78. The molecule has 2 N–H and O–H groups in total. The second-order valence-electron chi connectivity index (χ2n) is 8.90. The summed E-state index contributed by atoms with van der Waals surface area (Å²) in [4.78, 5) is 36.4. The highest BCUT2D eigenvalue weighted by atomic mass is 16.5. The van der Waals surface area contributed by atoms with E-state index >= 15 is 0 Å². The number of morpholine rings is 1. The zero-order valence-electron chi connectivity index (χ0n) is 20.6. The molecule has 196 valence electrons. The van der Waals surface area contributed by atoms with Crippen LogP contribution in [0.5, 0.6) is 5.75 Å². The number of nitrogens with zero attached hydrogens (tertiary/aromatic N) is 3. The van der Waals surface area contributed by atoms with Gasteiger partial charge in [-0.15, -0.1) is 0 Å². The maximum absolute atomic E-state index is 12.9. The van der Waals surface area contributed by atoms with E-state index in [0.29, 0.717) is 5.91 Å². The van der Waals surface area contributed by atoms with Crippen molar-refractivity contribution >= 4 is 18.9 Å². The molecule has 10 heteroatoms. The minimum Gasteiger partial charge on any atom is -0.494 e. The van der Waals surface area contributed by atoms with Crippen molar-refractivity contribution in [3.8, 4) is 5.75 Å². The monoisotopic (exact) mass is 493 g/mol. The summed E-state index contributed by atoms with van der Waals surface area (Å²) in [7, 11) is 1.95. The van der Waals surface area contributed by atoms with Crippen LogP contribution in [0.25, 0.3) is 0 Å². The van der Waals surface area contributed by atoms with E-state index in [9.17, 15) is 4.79 Å². The third-order valence-electron chi connectivity index (χ3n) is 6.74. The van der Waals surface area contributed by atoms with Crippen molar-refractivity contribution in [1.82, 2.24) is 14.7 Å². The topological polar surface area (TPSA) is 120 Å². The number of rotatable bonds is 7. The average Bonchev–Trinajstić information content (AvgIpc) is 3.25. The van der Waals surface area contributed by atoms with Gasteiger partial charge >= 0.3 is 0 Å². The molecule has 1 spiro atoms. The highest BCUT2D eigenvalue weighted by molar-refractivity contribution is 5.87.